The molecule has 94 valence electrons. The minimum absolute atomic E-state index is 0.423. The van der Waals surface area contributed by atoms with E-state index in [9.17, 15) is 13.6 Å². The first kappa shape index (κ1) is 13.3. The summed E-state index contributed by atoms with van der Waals surface area (Å²) in [5.41, 5.74) is 4.92. The van der Waals surface area contributed by atoms with Gasteiger partial charge in [0.05, 0.1) is 6.54 Å². The molecule has 0 aromatic carbocycles. The average Bonchev–Trinajstić information content (AvgIpc) is 2.41. The number of hydrogen-bond acceptors (Lipinski definition) is 4. The highest BCUT2D eigenvalue weighted by atomic mass is 19.3. The van der Waals surface area contributed by atoms with Crippen LogP contribution in [0.1, 0.15) is 27.2 Å². The second-order valence-corrected chi connectivity index (χ2v) is 5.11. The molecule has 1 saturated heterocycles. The van der Waals surface area contributed by atoms with E-state index in [2.05, 4.69) is 5.32 Å². The van der Waals surface area contributed by atoms with Crippen molar-refractivity contribution < 1.29 is 18.3 Å². The van der Waals surface area contributed by atoms with Crippen LogP contribution in [0.2, 0.25) is 0 Å². The maximum absolute atomic E-state index is 12.9. The van der Waals surface area contributed by atoms with Gasteiger partial charge in [0.1, 0.15) is 11.6 Å². The molecule has 6 heteroatoms. The van der Waals surface area contributed by atoms with Crippen LogP contribution in [-0.4, -0.2) is 36.1 Å². The average molecular weight is 236 g/mol. The van der Waals surface area contributed by atoms with Crippen LogP contribution in [0.4, 0.5) is 8.78 Å². The molecule has 0 saturated carbocycles. The molecule has 3 N–H and O–H groups in total. The number of carbonyl (C=O) groups is 1. The topological polar surface area (TPSA) is 64.3 Å². The SMILES string of the molecule is CC(C)(C)OC(=O)C(N)C1CC(F)(F)CN1. The van der Waals surface area contributed by atoms with Crippen molar-refractivity contribution in [1.82, 2.24) is 5.32 Å². The van der Waals surface area contributed by atoms with Gasteiger partial charge < -0.3 is 15.8 Å². The molecule has 16 heavy (non-hydrogen) atoms. The van der Waals surface area contributed by atoms with Gasteiger partial charge in [0, 0.05) is 12.5 Å². The van der Waals surface area contributed by atoms with Gasteiger partial charge >= 0.3 is 5.97 Å². The van der Waals surface area contributed by atoms with Gasteiger partial charge in [0.25, 0.3) is 5.92 Å². The maximum Gasteiger partial charge on any atom is 0.325 e. The Morgan fingerprint density at radius 3 is 2.50 bits per heavy atom. The number of nitrogens with one attached hydrogen (secondary N) is 1. The molecule has 1 fully saturated rings. The third-order valence-corrected chi connectivity index (χ3v) is 2.25. The smallest absolute Gasteiger partial charge is 0.325 e. The van der Waals surface area contributed by atoms with Crippen molar-refractivity contribution in [3.63, 3.8) is 0 Å². The van der Waals surface area contributed by atoms with Crippen LogP contribution in [0.25, 0.3) is 0 Å². The lowest BCUT2D eigenvalue weighted by Crippen LogP contribution is -2.49. The Balaban J connectivity index is 2.52. The zero-order valence-electron chi connectivity index (χ0n) is 9.72. The molecule has 2 atom stereocenters. The maximum atomic E-state index is 12.9. The highest BCUT2D eigenvalue weighted by Crippen LogP contribution is 2.26. The summed E-state index contributed by atoms with van der Waals surface area (Å²) in [6.45, 7) is 4.67. The highest BCUT2D eigenvalue weighted by Gasteiger charge is 2.44. The monoisotopic (exact) mass is 236 g/mol. The molecule has 2 unspecified atom stereocenters. The number of esters is 1. The molecule has 0 aliphatic carbocycles. The van der Waals surface area contributed by atoms with Gasteiger partial charge in [-0.25, -0.2) is 8.78 Å². The van der Waals surface area contributed by atoms with Crippen LogP contribution in [0.15, 0.2) is 0 Å². The van der Waals surface area contributed by atoms with E-state index in [1.165, 1.54) is 0 Å². The lowest BCUT2D eigenvalue weighted by molar-refractivity contribution is -0.157. The van der Waals surface area contributed by atoms with E-state index in [4.69, 9.17) is 10.5 Å². The Morgan fingerprint density at radius 2 is 2.12 bits per heavy atom. The Morgan fingerprint density at radius 1 is 1.56 bits per heavy atom. The number of alkyl halides is 2. The Kier molecular flexibility index (Phi) is 3.54. The van der Waals surface area contributed by atoms with Gasteiger partial charge in [-0.1, -0.05) is 0 Å². The van der Waals surface area contributed by atoms with Crippen LogP contribution < -0.4 is 11.1 Å². The number of hydrogen-bond donors (Lipinski definition) is 2. The molecule has 0 aromatic heterocycles. The van der Waals surface area contributed by atoms with Crippen LogP contribution in [0.5, 0.6) is 0 Å². The quantitative estimate of drug-likeness (QED) is 0.691. The van der Waals surface area contributed by atoms with E-state index >= 15 is 0 Å². The molecule has 1 aliphatic heterocycles. The summed E-state index contributed by atoms with van der Waals surface area (Å²) in [6.07, 6.45) is -0.423. The van der Waals surface area contributed by atoms with Crippen LogP contribution in [0.3, 0.4) is 0 Å². The van der Waals surface area contributed by atoms with Gasteiger partial charge in [-0.15, -0.1) is 0 Å². The van der Waals surface area contributed by atoms with Crippen molar-refractivity contribution in [2.45, 2.75) is 50.8 Å². The number of ether oxygens (including phenoxy) is 1. The summed E-state index contributed by atoms with van der Waals surface area (Å²) in [5.74, 6) is -3.44. The van der Waals surface area contributed by atoms with Gasteiger partial charge in [0.15, 0.2) is 0 Å². The zero-order valence-corrected chi connectivity index (χ0v) is 9.72. The number of nitrogens with two attached hydrogens (primary N) is 1. The van der Waals surface area contributed by atoms with E-state index in [1.807, 2.05) is 0 Å². The minimum atomic E-state index is -2.79. The molecule has 0 amide bonds. The second kappa shape index (κ2) is 4.25. The fraction of sp³-hybridized carbons (Fsp3) is 0.900. The molecule has 4 nitrogen and oxygen atoms in total. The summed E-state index contributed by atoms with van der Waals surface area (Å²) in [4.78, 5) is 11.5. The zero-order chi connectivity index (χ0) is 12.6. The number of rotatable bonds is 2. The van der Waals surface area contributed by atoms with Crippen LogP contribution >= 0.6 is 0 Å². The van der Waals surface area contributed by atoms with Crippen LogP contribution in [-0.2, 0) is 9.53 Å². The first-order valence-electron chi connectivity index (χ1n) is 5.20. The molecule has 0 spiro atoms. The number of halogens is 2. The van der Waals surface area contributed by atoms with E-state index in [0.29, 0.717) is 0 Å². The Bertz CT molecular complexity index is 276. The second-order valence-electron chi connectivity index (χ2n) is 5.11. The van der Waals surface area contributed by atoms with E-state index in [0.717, 1.165) is 0 Å². The third kappa shape index (κ3) is 3.68. The van der Waals surface area contributed by atoms with Gasteiger partial charge in [-0.05, 0) is 20.8 Å². The summed E-state index contributed by atoms with van der Waals surface area (Å²) < 4.78 is 30.8. The Hall–Kier alpha value is -0.750. The predicted octanol–water partition coefficient (Wildman–Crippen LogP) is 0.653. The molecule has 1 aliphatic rings. The predicted molar refractivity (Wildman–Crippen MR) is 55.2 cm³/mol. The van der Waals surface area contributed by atoms with Gasteiger partial charge in [0.2, 0.25) is 0 Å². The first-order chi connectivity index (χ1) is 7.11. The molecule has 0 bridgehead atoms. The van der Waals surface area contributed by atoms with Crippen LogP contribution in [0, 0.1) is 0 Å². The van der Waals surface area contributed by atoms with Crippen molar-refractivity contribution in [3.05, 3.63) is 0 Å². The molecular formula is C10H18F2N2O2. The molecule has 0 radical (unpaired) electrons. The fourth-order valence-electron chi connectivity index (χ4n) is 1.53. The normalized spacial score (nSPS) is 26.5. The molecule has 1 heterocycles. The molecular weight excluding hydrogens is 218 g/mol. The highest BCUT2D eigenvalue weighted by molar-refractivity contribution is 5.77. The van der Waals surface area contributed by atoms with E-state index in [1.54, 1.807) is 20.8 Å². The van der Waals surface area contributed by atoms with Crippen molar-refractivity contribution in [2.75, 3.05) is 6.54 Å². The summed E-state index contributed by atoms with van der Waals surface area (Å²) in [6, 6.07) is -1.77. The van der Waals surface area contributed by atoms with E-state index in [-0.39, 0.29) is 0 Å². The largest absolute Gasteiger partial charge is 0.459 e. The van der Waals surface area contributed by atoms with Crippen molar-refractivity contribution in [1.29, 1.82) is 0 Å². The lowest BCUT2D eigenvalue weighted by Gasteiger charge is -2.24. The van der Waals surface area contributed by atoms with E-state index < -0.39 is 42.5 Å². The molecule has 0 aromatic rings. The first-order valence-corrected chi connectivity index (χ1v) is 5.20. The van der Waals surface area contributed by atoms with Crippen molar-refractivity contribution in [2.24, 2.45) is 5.73 Å². The third-order valence-electron chi connectivity index (χ3n) is 2.25. The summed E-state index contributed by atoms with van der Waals surface area (Å²) in [5, 5.41) is 2.54. The van der Waals surface area contributed by atoms with Crippen molar-refractivity contribution >= 4 is 5.97 Å². The van der Waals surface area contributed by atoms with Crippen molar-refractivity contribution in [3.8, 4) is 0 Å². The number of carbonyl (C=O) groups excluding carboxylic acids is 1. The molecule has 1 rings (SSSR count). The van der Waals surface area contributed by atoms with Gasteiger partial charge in [-0.3, -0.25) is 4.79 Å². The standard InChI is InChI=1S/C10H18F2N2O2/c1-9(2,3)16-8(15)7(13)6-4-10(11,12)5-14-6/h6-7,14H,4-5,13H2,1-3H3. The summed E-state index contributed by atoms with van der Waals surface area (Å²) >= 11 is 0. The Labute approximate surface area is 93.5 Å². The minimum Gasteiger partial charge on any atom is -0.459 e. The fourth-order valence-corrected chi connectivity index (χ4v) is 1.53. The van der Waals surface area contributed by atoms with Gasteiger partial charge in [-0.2, -0.15) is 0 Å². The lowest BCUT2D eigenvalue weighted by atomic mass is 10.1. The summed E-state index contributed by atoms with van der Waals surface area (Å²) in [7, 11) is 0.